The second-order valence-corrected chi connectivity index (χ2v) is 5.57. The van der Waals surface area contributed by atoms with Gasteiger partial charge in [-0.2, -0.15) is 0 Å². The molecule has 146 valence electrons. The molecule has 9 nitrogen and oxygen atoms in total. The standard InChI is InChI=1S/C19H19N3O6/c23-16(21-12-18(25)26)10-20-17(24)11-22-19(27)13-5-4-8-15(9-13)28-14-6-2-1-3-7-14/h1-9H,10-12H2,(H,20,24)(H,21,23)(H,22,27)(H,25,26). The highest BCUT2D eigenvalue weighted by Gasteiger charge is 2.11. The van der Waals surface area contributed by atoms with Crippen molar-refractivity contribution in [3.63, 3.8) is 0 Å². The van der Waals surface area contributed by atoms with Crippen molar-refractivity contribution in [2.24, 2.45) is 0 Å². The monoisotopic (exact) mass is 385 g/mol. The number of rotatable bonds is 9. The molecule has 0 unspecified atom stereocenters. The van der Waals surface area contributed by atoms with E-state index >= 15 is 0 Å². The van der Waals surface area contributed by atoms with Gasteiger partial charge >= 0.3 is 5.97 Å². The summed E-state index contributed by atoms with van der Waals surface area (Å²) in [5.74, 6) is -1.81. The molecule has 0 radical (unpaired) electrons. The van der Waals surface area contributed by atoms with Gasteiger partial charge in [-0.15, -0.1) is 0 Å². The lowest BCUT2D eigenvalue weighted by atomic mass is 10.2. The molecular weight excluding hydrogens is 366 g/mol. The number of nitrogens with one attached hydrogen (secondary N) is 3. The van der Waals surface area contributed by atoms with Gasteiger partial charge in [-0.25, -0.2) is 0 Å². The van der Waals surface area contributed by atoms with Crippen LogP contribution in [0.4, 0.5) is 0 Å². The van der Waals surface area contributed by atoms with E-state index in [0.717, 1.165) is 0 Å². The molecule has 0 aliphatic heterocycles. The first-order valence-corrected chi connectivity index (χ1v) is 8.30. The molecular formula is C19H19N3O6. The minimum Gasteiger partial charge on any atom is -0.480 e. The number of carbonyl (C=O) groups is 4. The van der Waals surface area contributed by atoms with Gasteiger partial charge in [0.25, 0.3) is 5.91 Å². The first-order chi connectivity index (χ1) is 13.4. The summed E-state index contributed by atoms with van der Waals surface area (Å²) in [5, 5.41) is 15.2. The summed E-state index contributed by atoms with van der Waals surface area (Å²) >= 11 is 0. The van der Waals surface area contributed by atoms with E-state index in [1.165, 1.54) is 0 Å². The second-order valence-electron chi connectivity index (χ2n) is 5.57. The van der Waals surface area contributed by atoms with E-state index in [1.54, 1.807) is 36.4 Å². The first-order valence-electron chi connectivity index (χ1n) is 8.30. The topological polar surface area (TPSA) is 134 Å². The van der Waals surface area contributed by atoms with Gasteiger partial charge in [0, 0.05) is 5.56 Å². The number of ether oxygens (including phenoxy) is 1. The van der Waals surface area contributed by atoms with E-state index in [1.807, 2.05) is 18.2 Å². The molecule has 0 heterocycles. The summed E-state index contributed by atoms with van der Waals surface area (Å²) in [5.41, 5.74) is 0.306. The van der Waals surface area contributed by atoms with Crippen molar-refractivity contribution < 1.29 is 29.0 Å². The van der Waals surface area contributed by atoms with E-state index in [2.05, 4.69) is 16.0 Å². The van der Waals surface area contributed by atoms with Crippen LogP contribution in [0.15, 0.2) is 54.6 Å². The summed E-state index contributed by atoms with van der Waals surface area (Å²) in [6.45, 7) is -1.26. The third kappa shape index (κ3) is 7.16. The third-order valence-corrected chi connectivity index (χ3v) is 3.37. The smallest absolute Gasteiger partial charge is 0.322 e. The molecule has 4 N–H and O–H groups in total. The number of para-hydroxylation sites is 1. The molecule has 3 amide bonds. The lowest BCUT2D eigenvalue weighted by Crippen LogP contribution is -2.42. The predicted molar refractivity (Wildman–Crippen MR) is 98.9 cm³/mol. The fraction of sp³-hybridized carbons (Fsp3) is 0.158. The van der Waals surface area contributed by atoms with Crippen molar-refractivity contribution in [3.05, 3.63) is 60.2 Å². The largest absolute Gasteiger partial charge is 0.480 e. The molecule has 0 fully saturated rings. The third-order valence-electron chi connectivity index (χ3n) is 3.37. The predicted octanol–water partition coefficient (Wildman–Crippen LogP) is 0.526. The van der Waals surface area contributed by atoms with Crippen LogP contribution < -0.4 is 20.7 Å². The number of carboxylic acids is 1. The average Bonchev–Trinajstić information content (AvgIpc) is 2.69. The summed E-state index contributed by atoms with van der Waals surface area (Å²) in [6, 6.07) is 15.5. The van der Waals surface area contributed by atoms with Crippen LogP contribution in [0.5, 0.6) is 11.5 Å². The quantitative estimate of drug-likeness (QED) is 0.497. The fourth-order valence-electron chi connectivity index (χ4n) is 2.07. The Balaban J connectivity index is 1.79. The van der Waals surface area contributed by atoms with E-state index in [9.17, 15) is 19.2 Å². The molecule has 0 aliphatic rings. The molecule has 2 aromatic carbocycles. The number of carbonyl (C=O) groups excluding carboxylic acids is 3. The van der Waals surface area contributed by atoms with E-state index in [0.29, 0.717) is 17.1 Å². The number of carboxylic acid groups (broad SMARTS) is 1. The van der Waals surface area contributed by atoms with Gasteiger partial charge < -0.3 is 25.8 Å². The molecule has 0 aromatic heterocycles. The highest BCUT2D eigenvalue weighted by molar-refractivity contribution is 5.97. The minimum absolute atomic E-state index is 0.306. The lowest BCUT2D eigenvalue weighted by Gasteiger charge is -2.09. The summed E-state index contributed by atoms with van der Waals surface area (Å²) in [6.07, 6.45) is 0. The van der Waals surface area contributed by atoms with Crippen LogP contribution in [0.2, 0.25) is 0 Å². The number of amides is 3. The molecule has 2 rings (SSSR count). The maximum absolute atomic E-state index is 12.2. The zero-order chi connectivity index (χ0) is 20.4. The molecule has 0 atom stereocenters. The van der Waals surface area contributed by atoms with E-state index in [-0.39, 0.29) is 13.1 Å². The summed E-state index contributed by atoms with van der Waals surface area (Å²) in [4.78, 5) is 45.5. The van der Waals surface area contributed by atoms with Crippen molar-refractivity contribution in [3.8, 4) is 11.5 Å². The molecule has 9 heteroatoms. The van der Waals surface area contributed by atoms with Gasteiger partial charge in [0.1, 0.15) is 18.0 Å². The van der Waals surface area contributed by atoms with Gasteiger partial charge in [0.2, 0.25) is 11.8 Å². The Hall–Kier alpha value is -3.88. The van der Waals surface area contributed by atoms with Crippen LogP contribution in [0, 0.1) is 0 Å². The van der Waals surface area contributed by atoms with Crippen molar-refractivity contribution in [2.45, 2.75) is 0 Å². The molecule has 0 saturated heterocycles. The van der Waals surface area contributed by atoms with Crippen LogP contribution in [0.3, 0.4) is 0 Å². The fourth-order valence-corrected chi connectivity index (χ4v) is 2.07. The zero-order valence-electron chi connectivity index (χ0n) is 14.8. The zero-order valence-corrected chi connectivity index (χ0v) is 14.8. The molecule has 2 aromatic rings. The van der Waals surface area contributed by atoms with Gasteiger partial charge in [-0.3, -0.25) is 19.2 Å². The van der Waals surface area contributed by atoms with Crippen molar-refractivity contribution >= 4 is 23.7 Å². The Bertz CT molecular complexity index is 854. The Morgan fingerprint density at radius 3 is 2.04 bits per heavy atom. The van der Waals surface area contributed by atoms with Crippen LogP contribution in [0.25, 0.3) is 0 Å². The summed E-state index contributed by atoms with van der Waals surface area (Å²) < 4.78 is 5.65. The van der Waals surface area contributed by atoms with Crippen LogP contribution in [-0.4, -0.2) is 48.4 Å². The minimum atomic E-state index is -1.19. The molecule has 28 heavy (non-hydrogen) atoms. The molecule has 0 saturated carbocycles. The van der Waals surface area contributed by atoms with Crippen LogP contribution in [-0.2, 0) is 14.4 Å². The Labute approximate surface area is 160 Å². The number of benzene rings is 2. The Kier molecular flexibility index (Phi) is 7.53. The van der Waals surface area contributed by atoms with Crippen LogP contribution in [0.1, 0.15) is 10.4 Å². The highest BCUT2D eigenvalue weighted by Crippen LogP contribution is 2.21. The van der Waals surface area contributed by atoms with Crippen molar-refractivity contribution in [2.75, 3.05) is 19.6 Å². The van der Waals surface area contributed by atoms with Gasteiger partial charge in [-0.1, -0.05) is 24.3 Å². The van der Waals surface area contributed by atoms with Crippen LogP contribution >= 0.6 is 0 Å². The SMILES string of the molecule is O=C(O)CNC(=O)CNC(=O)CNC(=O)c1cccc(Oc2ccccc2)c1. The van der Waals surface area contributed by atoms with E-state index in [4.69, 9.17) is 9.84 Å². The maximum Gasteiger partial charge on any atom is 0.322 e. The van der Waals surface area contributed by atoms with Gasteiger partial charge in [-0.05, 0) is 30.3 Å². The number of aliphatic carboxylic acids is 1. The maximum atomic E-state index is 12.2. The lowest BCUT2D eigenvalue weighted by molar-refractivity contribution is -0.137. The number of hydrogen-bond acceptors (Lipinski definition) is 5. The summed E-state index contributed by atoms with van der Waals surface area (Å²) in [7, 11) is 0. The van der Waals surface area contributed by atoms with Gasteiger partial charge in [0.15, 0.2) is 0 Å². The molecule has 0 bridgehead atoms. The number of hydrogen-bond donors (Lipinski definition) is 4. The van der Waals surface area contributed by atoms with Crippen molar-refractivity contribution in [1.29, 1.82) is 0 Å². The molecule has 0 aliphatic carbocycles. The van der Waals surface area contributed by atoms with E-state index < -0.39 is 30.2 Å². The van der Waals surface area contributed by atoms with Crippen molar-refractivity contribution in [1.82, 2.24) is 16.0 Å². The first kappa shape index (κ1) is 20.4. The Morgan fingerprint density at radius 2 is 1.36 bits per heavy atom. The van der Waals surface area contributed by atoms with Gasteiger partial charge in [0.05, 0.1) is 13.1 Å². The molecule has 0 spiro atoms. The average molecular weight is 385 g/mol. The highest BCUT2D eigenvalue weighted by atomic mass is 16.5. The Morgan fingerprint density at radius 1 is 0.750 bits per heavy atom. The second kappa shape index (κ2) is 10.3. The normalized spacial score (nSPS) is 9.86.